The van der Waals surface area contributed by atoms with Crippen LogP contribution in [0.15, 0.2) is 12.2 Å². The first-order chi connectivity index (χ1) is 27.9. The monoisotopic (exact) mass is 805 g/mol. The third-order valence-electron chi connectivity index (χ3n) is 11.4. The van der Waals surface area contributed by atoms with Crippen molar-refractivity contribution in [3.05, 3.63) is 12.2 Å². The van der Waals surface area contributed by atoms with Gasteiger partial charge in [0.05, 0.1) is 25.0 Å². The third kappa shape index (κ3) is 38.1. The van der Waals surface area contributed by atoms with Crippen LogP contribution in [0.2, 0.25) is 0 Å². The van der Waals surface area contributed by atoms with Crippen molar-refractivity contribution in [1.29, 1.82) is 0 Å². The number of nitrogens with one attached hydrogen (secondary N) is 1. The van der Waals surface area contributed by atoms with Gasteiger partial charge in [-0.05, 0) is 96.7 Å². The summed E-state index contributed by atoms with van der Waals surface area (Å²) in [5, 5.41) is 2.93. The summed E-state index contributed by atoms with van der Waals surface area (Å²) in [7, 11) is 0. The van der Waals surface area contributed by atoms with Crippen LogP contribution in [0.5, 0.6) is 0 Å². The normalized spacial score (nSPS) is 12.7. The van der Waals surface area contributed by atoms with E-state index in [0.29, 0.717) is 13.2 Å². The van der Waals surface area contributed by atoms with E-state index in [-0.39, 0.29) is 29.7 Å². The molecule has 0 bridgehead atoms. The van der Waals surface area contributed by atoms with Crippen LogP contribution >= 0.6 is 0 Å². The number of hydrogen-bond acceptors (Lipinski definition) is 6. The number of rotatable bonds is 44. The fourth-order valence-electron chi connectivity index (χ4n) is 7.63. The van der Waals surface area contributed by atoms with Gasteiger partial charge in [-0.3, -0.25) is 14.4 Å². The Morgan fingerprint density at radius 3 is 1.40 bits per heavy atom. The zero-order valence-corrected chi connectivity index (χ0v) is 38.7. The Morgan fingerprint density at radius 1 is 0.474 bits per heavy atom. The van der Waals surface area contributed by atoms with Crippen molar-refractivity contribution < 1.29 is 23.9 Å². The molecule has 7 nitrogen and oxygen atoms in total. The summed E-state index contributed by atoms with van der Waals surface area (Å²) in [6.45, 7) is 15.6. The molecule has 7 heteroatoms. The molecule has 2 atom stereocenters. The van der Waals surface area contributed by atoms with Crippen LogP contribution in [0.1, 0.15) is 240 Å². The molecule has 0 aromatic rings. The Labute approximate surface area is 354 Å². The number of unbranched alkanes of at least 4 members (excludes halogenated alkanes) is 21. The first-order valence-corrected chi connectivity index (χ1v) is 24.8. The molecule has 0 aromatic carbocycles. The van der Waals surface area contributed by atoms with Crippen LogP contribution < -0.4 is 5.32 Å². The second-order valence-electron chi connectivity index (χ2n) is 17.0. The molecule has 0 aliphatic heterocycles. The minimum Gasteiger partial charge on any atom is -0.465 e. The van der Waals surface area contributed by atoms with E-state index in [4.69, 9.17) is 9.47 Å². The smallest absolute Gasteiger partial charge is 0.309 e. The molecule has 0 saturated carbocycles. The molecule has 0 fully saturated rings. The van der Waals surface area contributed by atoms with Gasteiger partial charge >= 0.3 is 11.9 Å². The first kappa shape index (κ1) is 55.1. The Morgan fingerprint density at radius 2 is 0.877 bits per heavy atom. The van der Waals surface area contributed by atoms with E-state index in [2.05, 4.69) is 50.1 Å². The fraction of sp³-hybridized carbons (Fsp3) is 0.900. The maximum absolute atomic E-state index is 13.0. The molecule has 0 radical (unpaired) electrons. The Bertz CT molecular complexity index is 924. The number of allylic oxidation sites excluding steroid dienone is 2. The van der Waals surface area contributed by atoms with Crippen molar-refractivity contribution in [3.8, 4) is 0 Å². The van der Waals surface area contributed by atoms with Gasteiger partial charge < -0.3 is 19.7 Å². The van der Waals surface area contributed by atoms with E-state index in [1.165, 1.54) is 89.9 Å². The lowest BCUT2D eigenvalue weighted by molar-refractivity contribution is -0.150. The van der Waals surface area contributed by atoms with Crippen LogP contribution in [-0.2, 0) is 23.9 Å². The molecule has 1 N–H and O–H groups in total. The van der Waals surface area contributed by atoms with Gasteiger partial charge in [0.15, 0.2) is 0 Å². The summed E-state index contributed by atoms with van der Waals surface area (Å²) in [4.78, 5) is 39.9. The van der Waals surface area contributed by atoms with E-state index in [0.717, 1.165) is 142 Å². The van der Waals surface area contributed by atoms with E-state index in [1.54, 1.807) is 6.92 Å². The molecule has 0 aliphatic rings. The van der Waals surface area contributed by atoms with Crippen LogP contribution in [0.25, 0.3) is 0 Å². The second-order valence-corrected chi connectivity index (χ2v) is 17.0. The highest BCUT2D eigenvalue weighted by Crippen LogP contribution is 2.21. The average Bonchev–Trinajstić information content (AvgIpc) is 3.20. The molecule has 0 heterocycles. The van der Waals surface area contributed by atoms with Crippen LogP contribution in [0.3, 0.4) is 0 Å². The molecular weight excluding hydrogens is 709 g/mol. The molecule has 336 valence electrons. The molecule has 0 spiro atoms. The van der Waals surface area contributed by atoms with Gasteiger partial charge in [0.2, 0.25) is 5.91 Å². The predicted molar refractivity (Wildman–Crippen MR) is 244 cm³/mol. The Hall–Kier alpha value is -1.89. The van der Waals surface area contributed by atoms with Crippen molar-refractivity contribution in [1.82, 2.24) is 10.2 Å². The summed E-state index contributed by atoms with van der Waals surface area (Å²) in [5.41, 5.74) is 0. The van der Waals surface area contributed by atoms with Gasteiger partial charge in [-0.25, -0.2) is 0 Å². The summed E-state index contributed by atoms with van der Waals surface area (Å²) < 4.78 is 11.6. The van der Waals surface area contributed by atoms with Gasteiger partial charge in [-0.1, -0.05) is 168 Å². The minimum absolute atomic E-state index is 0.00111. The number of hydrogen-bond donors (Lipinski definition) is 1. The van der Waals surface area contributed by atoms with Crippen molar-refractivity contribution in [3.63, 3.8) is 0 Å². The number of amides is 1. The molecule has 57 heavy (non-hydrogen) atoms. The molecule has 0 saturated heterocycles. The van der Waals surface area contributed by atoms with E-state index < -0.39 is 0 Å². The van der Waals surface area contributed by atoms with Gasteiger partial charge in [0.25, 0.3) is 0 Å². The summed E-state index contributed by atoms with van der Waals surface area (Å²) >= 11 is 0. The van der Waals surface area contributed by atoms with Crippen molar-refractivity contribution in [2.45, 2.75) is 240 Å². The van der Waals surface area contributed by atoms with Gasteiger partial charge in [0.1, 0.15) is 0 Å². The largest absolute Gasteiger partial charge is 0.465 e. The topological polar surface area (TPSA) is 84.9 Å². The van der Waals surface area contributed by atoms with E-state index in [9.17, 15) is 14.4 Å². The highest BCUT2D eigenvalue weighted by molar-refractivity contribution is 5.73. The fourth-order valence-corrected chi connectivity index (χ4v) is 7.63. The minimum atomic E-state index is -0.00400. The zero-order chi connectivity index (χ0) is 41.9. The number of ether oxygens (including phenoxy) is 2. The Kier molecular flexibility index (Phi) is 42.2. The maximum Gasteiger partial charge on any atom is 0.309 e. The zero-order valence-electron chi connectivity index (χ0n) is 38.7. The van der Waals surface area contributed by atoms with E-state index in [1.807, 2.05) is 0 Å². The third-order valence-corrected chi connectivity index (χ3v) is 11.4. The molecular formula is C50H96N2O5. The van der Waals surface area contributed by atoms with Crippen LogP contribution in [0, 0.1) is 11.8 Å². The van der Waals surface area contributed by atoms with Gasteiger partial charge in [-0.2, -0.15) is 0 Å². The molecule has 2 unspecified atom stereocenters. The van der Waals surface area contributed by atoms with Crippen LogP contribution in [-0.4, -0.2) is 62.1 Å². The van der Waals surface area contributed by atoms with Crippen molar-refractivity contribution >= 4 is 17.8 Å². The number of carbonyl (C=O) groups is 3. The number of nitrogens with zero attached hydrogens (tertiary/aromatic N) is 1. The summed E-state index contributed by atoms with van der Waals surface area (Å²) in [6.07, 6.45) is 40.9. The molecule has 0 rings (SSSR count). The lowest BCUT2D eigenvalue weighted by Gasteiger charge is -2.22. The maximum atomic E-state index is 13.0. The lowest BCUT2D eigenvalue weighted by Crippen LogP contribution is -2.28. The SMILES string of the molecule is CCCCC/C=C/CC(CCCCCC)C(=O)OCCCCCCN(CCCCCCOC(=O)C(CCCCCC)CCCCCCCC)CCCCNC(C)=O. The standard InChI is InChI=1S/C50H96N2O5/c1-6-10-14-18-20-28-38-47(36-26-16-12-8-3)49(54)56-44-34-24-22-31-41-52(43-33-30-40-51-46(5)53)42-32-23-25-35-45-57-50(55)48(37-27-17-13-9-4)39-29-21-19-15-11-7-2/h20,28,47-48H,6-19,21-27,29-45H2,1-5H3,(H,51,53)/b28-20+. The number of esters is 2. The quantitative estimate of drug-likeness (QED) is 0.0375. The Balaban J connectivity index is 4.58. The summed E-state index contributed by atoms with van der Waals surface area (Å²) in [6, 6.07) is 0. The summed E-state index contributed by atoms with van der Waals surface area (Å²) in [5.74, 6) is 0.166. The van der Waals surface area contributed by atoms with Crippen molar-refractivity contribution in [2.24, 2.45) is 11.8 Å². The lowest BCUT2D eigenvalue weighted by atomic mass is 9.94. The average molecular weight is 805 g/mol. The second kappa shape index (κ2) is 43.7. The van der Waals surface area contributed by atoms with Gasteiger partial charge in [-0.15, -0.1) is 0 Å². The van der Waals surface area contributed by atoms with Gasteiger partial charge in [0, 0.05) is 13.5 Å². The molecule has 1 amide bonds. The highest BCUT2D eigenvalue weighted by Gasteiger charge is 2.20. The predicted octanol–water partition coefficient (Wildman–Crippen LogP) is 13.9. The first-order valence-electron chi connectivity index (χ1n) is 24.8. The molecule has 0 aromatic heterocycles. The van der Waals surface area contributed by atoms with E-state index >= 15 is 0 Å². The van der Waals surface area contributed by atoms with Crippen molar-refractivity contribution in [2.75, 3.05) is 39.4 Å². The molecule has 0 aliphatic carbocycles. The van der Waals surface area contributed by atoms with Crippen LogP contribution in [0.4, 0.5) is 0 Å². The number of carbonyl (C=O) groups excluding carboxylic acids is 3. The highest BCUT2D eigenvalue weighted by atomic mass is 16.5.